The SMILES string of the molecule is CCNC(C)(C)C(=O)NC1CCCCC1(C)C(=O)O. The van der Waals surface area contributed by atoms with E-state index in [1.54, 1.807) is 6.92 Å². The number of carboxylic acid groups (broad SMARTS) is 1. The fourth-order valence-corrected chi connectivity index (χ4v) is 2.68. The average molecular weight is 270 g/mol. The van der Waals surface area contributed by atoms with Crippen LogP contribution in [-0.2, 0) is 9.59 Å². The van der Waals surface area contributed by atoms with Gasteiger partial charge in [-0.15, -0.1) is 0 Å². The summed E-state index contributed by atoms with van der Waals surface area (Å²) < 4.78 is 0. The van der Waals surface area contributed by atoms with Gasteiger partial charge >= 0.3 is 5.97 Å². The molecular weight excluding hydrogens is 244 g/mol. The van der Waals surface area contributed by atoms with Gasteiger partial charge in [0.15, 0.2) is 0 Å². The molecule has 110 valence electrons. The maximum absolute atomic E-state index is 12.3. The van der Waals surface area contributed by atoms with Crippen LogP contribution in [-0.4, -0.2) is 35.1 Å². The number of amides is 1. The maximum Gasteiger partial charge on any atom is 0.311 e. The lowest BCUT2D eigenvalue weighted by Crippen LogP contribution is -2.59. The van der Waals surface area contributed by atoms with Crippen LogP contribution in [0.25, 0.3) is 0 Å². The van der Waals surface area contributed by atoms with E-state index < -0.39 is 16.9 Å². The summed E-state index contributed by atoms with van der Waals surface area (Å²) in [6.07, 6.45) is 3.23. The third-order valence-electron chi connectivity index (χ3n) is 4.19. The van der Waals surface area contributed by atoms with Gasteiger partial charge in [-0.2, -0.15) is 0 Å². The summed E-state index contributed by atoms with van der Waals surface area (Å²) in [4.78, 5) is 23.7. The molecule has 0 aromatic heterocycles. The van der Waals surface area contributed by atoms with Gasteiger partial charge in [0.25, 0.3) is 0 Å². The molecule has 1 aliphatic carbocycles. The highest BCUT2D eigenvalue weighted by Gasteiger charge is 2.45. The van der Waals surface area contributed by atoms with Gasteiger partial charge in [-0.3, -0.25) is 9.59 Å². The van der Waals surface area contributed by atoms with Crippen LogP contribution in [0.4, 0.5) is 0 Å². The van der Waals surface area contributed by atoms with E-state index in [2.05, 4.69) is 10.6 Å². The summed E-state index contributed by atoms with van der Waals surface area (Å²) in [6.45, 7) is 8.00. The minimum absolute atomic E-state index is 0.131. The van der Waals surface area contributed by atoms with Crippen molar-refractivity contribution in [1.82, 2.24) is 10.6 Å². The number of hydrogen-bond donors (Lipinski definition) is 3. The van der Waals surface area contributed by atoms with Crippen LogP contribution in [0.15, 0.2) is 0 Å². The lowest BCUT2D eigenvalue weighted by atomic mass is 9.71. The second kappa shape index (κ2) is 5.90. The lowest BCUT2D eigenvalue weighted by Gasteiger charge is -2.40. The summed E-state index contributed by atoms with van der Waals surface area (Å²) in [5, 5.41) is 15.5. The molecule has 0 heterocycles. The van der Waals surface area contributed by atoms with Gasteiger partial charge in [0, 0.05) is 6.04 Å². The van der Waals surface area contributed by atoms with Crippen molar-refractivity contribution in [2.24, 2.45) is 5.41 Å². The standard InChI is InChI=1S/C14H26N2O3/c1-5-15-13(2,3)11(17)16-10-8-6-7-9-14(10,4)12(18)19/h10,15H,5-9H2,1-4H3,(H,16,17)(H,18,19). The molecule has 0 aromatic carbocycles. The van der Waals surface area contributed by atoms with Gasteiger partial charge < -0.3 is 15.7 Å². The zero-order valence-electron chi connectivity index (χ0n) is 12.4. The molecule has 19 heavy (non-hydrogen) atoms. The van der Waals surface area contributed by atoms with E-state index in [0.29, 0.717) is 13.0 Å². The number of carboxylic acids is 1. The van der Waals surface area contributed by atoms with Crippen molar-refractivity contribution in [2.75, 3.05) is 6.54 Å². The third-order valence-corrected chi connectivity index (χ3v) is 4.19. The van der Waals surface area contributed by atoms with Crippen LogP contribution in [0.2, 0.25) is 0 Å². The number of carbonyl (C=O) groups excluding carboxylic acids is 1. The molecule has 5 heteroatoms. The van der Waals surface area contributed by atoms with Gasteiger partial charge in [-0.25, -0.2) is 0 Å². The number of likely N-dealkylation sites (N-methyl/N-ethyl adjacent to an activating group) is 1. The average Bonchev–Trinajstić information content (AvgIpc) is 2.31. The Kier molecular flexibility index (Phi) is 4.96. The molecule has 1 rings (SSSR count). The predicted octanol–water partition coefficient (Wildman–Crippen LogP) is 1.52. The van der Waals surface area contributed by atoms with Gasteiger partial charge in [-0.05, 0) is 40.2 Å². The quantitative estimate of drug-likeness (QED) is 0.708. The first-order valence-electron chi connectivity index (χ1n) is 7.03. The number of hydrogen-bond acceptors (Lipinski definition) is 3. The van der Waals surface area contributed by atoms with Gasteiger partial charge in [0.2, 0.25) is 5.91 Å². The third kappa shape index (κ3) is 3.47. The van der Waals surface area contributed by atoms with Crippen LogP contribution >= 0.6 is 0 Å². The Labute approximate surface area is 115 Å². The predicted molar refractivity (Wildman–Crippen MR) is 73.9 cm³/mol. The first kappa shape index (κ1) is 16.0. The molecule has 5 nitrogen and oxygen atoms in total. The number of carbonyl (C=O) groups is 2. The van der Waals surface area contributed by atoms with Gasteiger partial charge in [-0.1, -0.05) is 19.8 Å². The van der Waals surface area contributed by atoms with Crippen molar-refractivity contribution in [3.8, 4) is 0 Å². The molecule has 1 aliphatic rings. The molecule has 2 unspecified atom stereocenters. The summed E-state index contributed by atoms with van der Waals surface area (Å²) >= 11 is 0. The zero-order chi connectivity index (χ0) is 14.7. The van der Waals surface area contributed by atoms with Crippen LogP contribution in [0, 0.1) is 5.41 Å². The van der Waals surface area contributed by atoms with Crippen molar-refractivity contribution >= 4 is 11.9 Å². The first-order valence-corrected chi connectivity index (χ1v) is 7.03. The molecule has 0 saturated heterocycles. The number of aliphatic carboxylic acids is 1. The number of nitrogens with one attached hydrogen (secondary N) is 2. The molecule has 0 aromatic rings. The van der Waals surface area contributed by atoms with E-state index in [9.17, 15) is 14.7 Å². The highest BCUT2D eigenvalue weighted by atomic mass is 16.4. The normalized spacial score (nSPS) is 27.9. The van der Waals surface area contributed by atoms with E-state index in [1.807, 2.05) is 20.8 Å². The van der Waals surface area contributed by atoms with E-state index in [1.165, 1.54) is 0 Å². The van der Waals surface area contributed by atoms with E-state index >= 15 is 0 Å². The molecule has 0 aliphatic heterocycles. The van der Waals surface area contributed by atoms with Crippen molar-refractivity contribution in [1.29, 1.82) is 0 Å². The Morgan fingerprint density at radius 1 is 1.37 bits per heavy atom. The summed E-state index contributed by atoms with van der Waals surface area (Å²) in [5.74, 6) is -0.951. The minimum atomic E-state index is -0.851. The molecule has 0 spiro atoms. The van der Waals surface area contributed by atoms with Crippen molar-refractivity contribution < 1.29 is 14.7 Å². The Balaban J connectivity index is 2.79. The Bertz CT molecular complexity index is 355. The minimum Gasteiger partial charge on any atom is -0.481 e. The molecule has 3 N–H and O–H groups in total. The molecule has 0 radical (unpaired) electrons. The Morgan fingerprint density at radius 2 is 2.00 bits per heavy atom. The second-order valence-corrected chi connectivity index (χ2v) is 6.15. The number of rotatable bonds is 5. The summed E-state index contributed by atoms with van der Waals surface area (Å²) in [5.41, 5.74) is -1.53. The molecule has 2 atom stereocenters. The smallest absolute Gasteiger partial charge is 0.311 e. The Morgan fingerprint density at radius 3 is 2.53 bits per heavy atom. The van der Waals surface area contributed by atoms with Crippen molar-refractivity contribution in [2.45, 2.75) is 65.0 Å². The fourth-order valence-electron chi connectivity index (χ4n) is 2.68. The fraction of sp³-hybridized carbons (Fsp3) is 0.857. The molecule has 1 saturated carbocycles. The van der Waals surface area contributed by atoms with Crippen LogP contribution < -0.4 is 10.6 Å². The van der Waals surface area contributed by atoms with Crippen LogP contribution in [0.1, 0.15) is 53.4 Å². The Hall–Kier alpha value is -1.10. The topological polar surface area (TPSA) is 78.4 Å². The highest BCUT2D eigenvalue weighted by molar-refractivity contribution is 5.86. The monoisotopic (exact) mass is 270 g/mol. The zero-order valence-corrected chi connectivity index (χ0v) is 12.4. The van der Waals surface area contributed by atoms with Crippen molar-refractivity contribution in [3.05, 3.63) is 0 Å². The van der Waals surface area contributed by atoms with Crippen molar-refractivity contribution in [3.63, 3.8) is 0 Å². The molecule has 1 amide bonds. The highest BCUT2D eigenvalue weighted by Crippen LogP contribution is 2.36. The summed E-state index contributed by atoms with van der Waals surface area (Å²) in [7, 11) is 0. The summed E-state index contributed by atoms with van der Waals surface area (Å²) in [6, 6.07) is -0.288. The molecular formula is C14H26N2O3. The first-order chi connectivity index (χ1) is 8.74. The van der Waals surface area contributed by atoms with Crippen LogP contribution in [0.3, 0.4) is 0 Å². The van der Waals surface area contributed by atoms with E-state index in [4.69, 9.17) is 0 Å². The molecule has 0 bridgehead atoms. The van der Waals surface area contributed by atoms with Crippen LogP contribution in [0.5, 0.6) is 0 Å². The molecule has 1 fully saturated rings. The largest absolute Gasteiger partial charge is 0.481 e. The lowest BCUT2D eigenvalue weighted by molar-refractivity contribution is -0.152. The van der Waals surface area contributed by atoms with Gasteiger partial charge in [0.1, 0.15) is 0 Å². The van der Waals surface area contributed by atoms with E-state index in [0.717, 1.165) is 19.3 Å². The van der Waals surface area contributed by atoms with E-state index in [-0.39, 0.29) is 11.9 Å². The second-order valence-electron chi connectivity index (χ2n) is 6.15. The van der Waals surface area contributed by atoms with Gasteiger partial charge in [0.05, 0.1) is 11.0 Å². The maximum atomic E-state index is 12.3.